The second kappa shape index (κ2) is 6.89. The molecule has 0 radical (unpaired) electrons. The number of pyridine rings is 1. The van der Waals surface area contributed by atoms with Crippen LogP contribution in [-0.2, 0) is 16.6 Å². The topological polar surface area (TPSA) is 111 Å². The molecule has 7 nitrogen and oxygen atoms in total. The fourth-order valence-electron chi connectivity index (χ4n) is 1.92. The zero-order valence-corrected chi connectivity index (χ0v) is 13.2. The molecule has 10 heteroatoms. The highest BCUT2D eigenvalue weighted by Gasteiger charge is 2.28. The van der Waals surface area contributed by atoms with Crippen LogP contribution in [0.15, 0.2) is 35.5 Å². The Morgan fingerprint density at radius 2 is 1.92 bits per heavy atom. The Labute approximate surface area is 136 Å². The molecule has 2 aromatic rings. The van der Waals surface area contributed by atoms with Gasteiger partial charge in [-0.3, -0.25) is 9.78 Å². The molecule has 24 heavy (non-hydrogen) atoms. The molecule has 0 bridgehead atoms. The number of hydrogen-bond donors (Lipinski definition) is 2. The van der Waals surface area contributed by atoms with Gasteiger partial charge in [0.25, 0.3) is 5.91 Å². The summed E-state index contributed by atoms with van der Waals surface area (Å²) >= 11 is 0. The van der Waals surface area contributed by atoms with Crippen LogP contribution in [0.3, 0.4) is 0 Å². The number of rotatable bonds is 6. The van der Waals surface area contributed by atoms with E-state index in [1.54, 1.807) is 12.1 Å². The number of aromatic nitrogens is 1. The van der Waals surface area contributed by atoms with Crippen molar-refractivity contribution < 1.29 is 26.7 Å². The Balaban J connectivity index is 2.44. The number of nitrogens with zero attached hydrogens (tertiary/aromatic N) is 1. The van der Waals surface area contributed by atoms with E-state index in [4.69, 9.17) is 5.73 Å². The van der Waals surface area contributed by atoms with E-state index in [1.165, 1.54) is 12.4 Å². The normalized spacial score (nSPS) is 11.3. The predicted molar refractivity (Wildman–Crippen MR) is 79.7 cm³/mol. The molecule has 0 aliphatic rings. The van der Waals surface area contributed by atoms with Gasteiger partial charge in [0, 0.05) is 18.9 Å². The van der Waals surface area contributed by atoms with Crippen LogP contribution in [0.1, 0.15) is 15.9 Å². The Kier molecular flexibility index (Phi) is 5.10. The molecule has 0 aliphatic heterocycles. The van der Waals surface area contributed by atoms with Crippen molar-refractivity contribution in [3.05, 3.63) is 53.4 Å². The first-order valence-corrected chi connectivity index (χ1v) is 8.00. The minimum atomic E-state index is -4.44. The number of nitrogens with one attached hydrogen (secondary N) is 1. The van der Waals surface area contributed by atoms with Crippen LogP contribution in [0.4, 0.5) is 8.78 Å². The maximum Gasteiger partial charge on any atom is 0.252 e. The maximum atomic E-state index is 14.1. The van der Waals surface area contributed by atoms with E-state index >= 15 is 0 Å². The van der Waals surface area contributed by atoms with E-state index in [-0.39, 0.29) is 6.54 Å². The van der Waals surface area contributed by atoms with Crippen molar-refractivity contribution in [2.45, 2.75) is 11.4 Å². The van der Waals surface area contributed by atoms with Gasteiger partial charge < -0.3 is 10.5 Å². The molecule has 0 fully saturated rings. The molecule has 1 aromatic carbocycles. The van der Waals surface area contributed by atoms with Gasteiger partial charge in [0.15, 0.2) is 11.6 Å². The van der Waals surface area contributed by atoms with E-state index < -0.39 is 43.8 Å². The lowest BCUT2D eigenvalue weighted by Crippen LogP contribution is -2.26. The monoisotopic (exact) mass is 357 g/mol. The summed E-state index contributed by atoms with van der Waals surface area (Å²) in [6, 6.07) is 3.72. The molecule has 0 saturated carbocycles. The van der Waals surface area contributed by atoms with Crippen molar-refractivity contribution in [2.75, 3.05) is 7.11 Å². The van der Waals surface area contributed by atoms with Gasteiger partial charge in [-0.15, -0.1) is 0 Å². The number of amides is 1. The fourth-order valence-corrected chi connectivity index (χ4v) is 3.03. The largest absolute Gasteiger partial charge is 0.493 e. The van der Waals surface area contributed by atoms with Crippen molar-refractivity contribution in [1.29, 1.82) is 0 Å². The lowest BCUT2D eigenvalue weighted by molar-refractivity contribution is 0.0996. The lowest BCUT2D eigenvalue weighted by Gasteiger charge is -2.12. The Bertz CT molecular complexity index is 873. The van der Waals surface area contributed by atoms with Crippen LogP contribution in [0.2, 0.25) is 0 Å². The molecule has 128 valence electrons. The second-order valence-electron chi connectivity index (χ2n) is 4.63. The first kappa shape index (κ1) is 17.8. The summed E-state index contributed by atoms with van der Waals surface area (Å²) in [5.74, 6) is -5.19. The molecule has 1 amide bonds. The van der Waals surface area contributed by atoms with Gasteiger partial charge in [-0.1, -0.05) is 0 Å². The summed E-state index contributed by atoms with van der Waals surface area (Å²) in [7, 11) is -3.44. The number of ether oxygens (including phenoxy) is 1. The van der Waals surface area contributed by atoms with E-state index in [1.807, 2.05) is 0 Å². The number of nitrogens with two attached hydrogens (primary N) is 1. The van der Waals surface area contributed by atoms with E-state index in [2.05, 4.69) is 14.4 Å². The van der Waals surface area contributed by atoms with Gasteiger partial charge in [0.2, 0.25) is 15.8 Å². The quantitative estimate of drug-likeness (QED) is 0.799. The first-order valence-electron chi connectivity index (χ1n) is 6.52. The van der Waals surface area contributed by atoms with Gasteiger partial charge in [-0.25, -0.2) is 17.5 Å². The van der Waals surface area contributed by atoms with Crippen molar-refractivity contribution in [2.24, 2.45) is 5.73 Å². The highest BCUT2D eigenvalue weighted by atomic mass is 32.2. The standard InChI is InChI=1S/C14H13F2N3O4S/c1-23-13-9(14(17)20)6-10(11(15)12(13)16)24(21,22)19-7-8-2-4-18-5-3-8/h2-6,19H,7H2,1H3,(H2,17,20). The maximum absolute atomic E-state index is 14.1. The van der Waals surface area contributed by atoms with Gasteiger partial charge in [-0.2, -0.15) is 4.39 Å². The average Bonchev–Trinajstić information content (AvgIpc) is 2.55. The zero-order chi connectivity index (χ0) is 17.9. The number of methoxy groups -OCH3 is 1. The summed E-state index contributed by atoms with van der Waals surface area (Å²) in [6.45, 7) is -0.177. The molecule has 2 rings (SSSR count). The average molecular weight is 357 g/mol. The number of halogens is 2. The molecular formula is C14H13F2N3O4S. The highest BCUT2D eigenvalue weighted by molar-refractivity contribution is 7.89. The lowest BCUT2D eigenvalue weighted by atomic mass is 10.1. The summed E-state index contributed by atoms with van der Waals surface area (Å²) in [5.41, 5.74) is 5.03. The predicted octanol–water partition coefficient (Wildman–Crippen LogP) is 0.946. The minimum Gasteiger partial charge on any atom is -0.493 e. The second-order valence-corrected chi connectivity index (χ2v) is 6.36. The fraction of sp³-hybridized carbons (Fsp3) is 0.143. The summed E-state index contributed by atoms with van der Waals surface area (Å²) in [5, 5.41) is 0. The molecule has 0 aliphatic carbocycles. The first-order chi connectivity index (χ1) is 11.3. The van der Waals surface area contributed by atoms with Crippen LogP contribution in [0, 0.1) is 11.6 Å². The van der Waals surface area contributed by atoms with Gasteiger partial charge in [0.05, 0.1) is 12.7 Å². The van der Waals surface area contributed by atoms with Crippen molar-refractivity contribution in [3.63, 3.8) is 0 Å². The SMILES string of the molecule is COc1c(C(N)=O)cc(S(=O)(=O)NCc2ccncc2)c(F)c1F. The molecule has 0 saturated heterocycles. The molecular weight excluding hydrogens is 344 g/mol. The molecule has 0 spiro atoms. The Morgan fingerprint density at radius 3 is 2.46 bits per heavy atom. The number of benzene rings is 1. The smallest absolute Gasteiger partial charge is 0.252 e. The van der Waals surface area contributed by atoms with E-state index in [0.29, 0.717) is 11.6 Å². The number of sulfonamides is 1. The molecule has 0 atom stereocenters. The van der Waals surface area contributed by atoms with Crippen LogP contribution < -0.4 is 15.2 Å². The Hall–Kier alpha value is -2.59. The molecule has 1 heterocycles. The van der Waals surface area contributed by atoms with Gasteiger partial charge >= 0.3 is 0 Å². The third-order valence-corrected chi connectivity index (χ3v) is 4.50. The van der Waals surface area contributed by atoms with Crippen LogP contribution in [0.5, 0.6) is 5.75 Å². The number of carbonyl (C=O) groups excluding carboxylic acids is 1. The van der Waals surface area contributed by atoms with Crippen LogP contribution >= 0.6 is 0 Å². The summed E-state index contributed by atoms with van der Waals surface area (Å²) < 4.78 is 59.2. The number of hydrogen-bond acceptors (Lipinski definition) is 5. The van der Waals surface area contributed by atoms with E-state index in [0.717, 1.165) is 7.11 Å². The van der Waals surface area contributed by atoms with Crippen molar-refractivity contribution >= 4 is 15.9 Å². The minimum absolute atomic E-state index is 0.177. The summed E-state index contributed by atoms with van der Waals surface area (Å²) in [6.07, 6.45) is 2.89. The third kappa shape index (κ3) is 3.49. The number of primary amides is 1. The summed E-state index contributed by atoms with van der Waals surface area (Å²) in [4.78, 5) is 14.1. The zero-order valence-electron chi connectivity index (χ0n) is 12.4. The van der Waals surface area contributed by atoms with Gasteiger partial charge in [-0.05, 0) is 23.8 Å². The van der Waals surface area contributed by atoms with Crippen LogP contribution in [0.25, 0.3) is 0 Å². The molecule has 0 unspecified atom stereocenters. The molecule has 3 N–H and O–H groups in total. The van der Waals surface area contributed by atoms with Crippen molar-refractivity contribution in [3.8, 4) is 5.75 Å². The molecule has 1 aromatic heterocycles. The third-order valence-electron chi connectivity index (χ3n) is 3.10. The van der Waals surface area contributed by atoms with E-state index in [9.17, 15) is 22.0 Å². The van der Waals surface area contributed by atoms with Crippen LogP contribution in [-0.4, -0.2) is 26.4 Å². The number of carbonyl (C=O) groups is 1. The van der Waals surface area contributed by atoms with Crippen molar-refractivity contribution in [1.82, 2.24) is 9.71 Å². The highest BCUT2D eigenvalue weighted by Crippen LogP contribution is 2.29. The van der Waals surface area contributed by atoms with Gasteiger partial charge in [0.1, 0.15) is 4.90 Å². The Morgan fingerprint density at radius 1 is 1.29 bits per heavy atom.